The highest BCUT2D eigenvalue weighted by molar-refractivity contribution is 7.21. The number of likely N-dealkylation sites (tertiary alicyclic amines) is 1. The van der Waals surface area contributed by atoms with Gasteiger partial charge in [-0.3, -0.25) is 10.1 Å². The quantitative estimate of drug-likeness (QED) is 0.210. The molecule has 4 heterocycles. The number of amides is 2. The molecule has 0 saturated carbocycles. The van der Waals surface area contributed by atoms with Crippen molar-refractivity contribution in [2.45, 2.75) is 51.9 Å². The summed E-state index contributed by atoms with van der Waals surface area (Å²) in [7, 11) is 1.53. The molecule has 14 heteroatoms. The number of carbonyl (C=O) groups excluding carboxylic acids is 2. The summed E-state index contributed by atoms with van der Waals surface area (Å²) in [6.07, 6.45) is 1.54. The van der Waals surface area contributed by atoms with Crippen LogP contribution in [0.3, 0.4) is 0 Å². The predicted molar refractivity (Wildman–Crippen MR) is 174 cm³/mol. The average molecular weight is 661 g/mol. The highest BCUT2D eigenvalue weighted by Gasteiger charge is 2.25. The molecule has 0 radical (unpaired) electrons. The van der Waals surface area contributed by atoms with Crippen LogP contribution < -0.4 is 14.8 Å². The monoisotopic (exact) mass is 660 g/mol. The van der Waals surface area contributed by atoms with Gasteiger partial charge < -0.3 is 24.2 Å². The maximum atomic E-state index is 15.2. The number of nitrogens with one attached hydrogen (secondary N) is 1. The second kappa shape index (κ2) is 13.4. The molecule has 1 aliphatic rings. The van der Waals surface area contributed by atoms with Crippen molar-refractivity contribution in [1.29, 1.82) is 0 Å². The Labute approximate surface area is 273 Å². The number of anilines is 1. The van der Waals surface area contributed by atoms with Crippen LogP contribution in [0.2, 0.25) is 0 Å². The average Bonchev–Trinajstić information content (AvgIpc) is 3.46. The Balaban J connectivity index is 1.10. The minimum Gasteiger partial charge on any atom is -0.484 e. The first-order chi connectivity index (χ1) is 22.6. The molecule has 47 heavy (non-hydrogen) atoms. The van der Waals surface area contributed by atoms with Crippen LogP contribution in [0, 0.1) is 12.7 Å². The van der Waals surface area contributed by atoms with Gasteiger partial charge in [0.05, 0.1) is 52.5 Å². The summed E-state index contributed by atoms with van der Waals surface area (Å²) in [4.78, 5) is 44.7. The SMILES string of the molecule is COc1cnc2c(-c3nc4cc(F)c(O[C@@H](C)[C@@H](C)OC(=O)Nc5ccc(C(=O)N6CCCC(O)C6)nc5)cc4s3)cc(C)cc2n1. The molecule has 2 aromatic carbocycles. The summed E-state index contributed by atoms with van der Waals surface area (Å²) in [6.45, 7) is 6.09. The van der Waals surface area contributed by atoms with Crippen molar-refractivity contribution in [3.63, 3.8) is 0 Å². The van der Waals surface area contributed by atoms with Gasteiger partial charge in [0.25, 0.3) is 5.91 Å². The molecule has 0 spiro atoms. The van der Waals surface area contributed by atoms with Gasteiger partial charge in [0.1, 0.15) is 22.9 Å². The number of hydrogen-bond donors (Lipinski definition) is 2. The van der Waals surface area contributed by atoms with Gasteiger partial charge in [0.2, 0.25) is 5.88 Å². The first-order valence-electron chi connectivity index (χ1n) is 15.1. The molecule has 3 aromatic heterocycles. The van der Waals surface area contributed by atoms with Crippen molar-refractivity contribution < 1.29 is 33.3 Å². The van der Waals surface area contributed by atoms with Crippen LogP contribution in [-0.2, 0) is 4.74 Å². The van der Waals surface area contributed by atoms with Crippen molar-refractivity contribution in [1.82, 2.24) is 24.8 Å². The molecule has 1 saturated heterocycles. The Kier molecular flexibility index (Phi) is 9.14. The first kappa shape index (κ1) is 32.0. The molecule has 0 bridgehead atoms. The van der Waals surface area contributed by atoms with Gasteiger partial charge in [0, 0.05) is 30.8 Å². The number of hydrogen-bond acceptors (Lipinski definition) is 11. The Bertz CT molecular complexity index is 1950. The number of thiazole rings is 1. The number of halogens is 1. The second-order valence-electron chi connectivity index (χ2n) is 11.4. The Hall–Kier alpha value is -4.95. The fraction of sp³-hybridized carbons (Fsp3) is 0.333. The van der Waals surface area contributed by atoms with Crippen molar-refractivity contribution in [3.8, 4) is 22.2 Å². The van der Waals surface area contributed by atoms with Crippen LogP contribution in [0.4, 0.5) is 14.9 Å². The Morgan fingerprint density at radius 1 is 1.09 bits per heavy atom. The highest BCUT2D eigenvalue weighted by Crippen LogP contribution is 2.37. The van der Waals surface area contributed by atoms with E-state index in [0.717, 1.165) is 17.5 Å². The minimum absolute atomic E-state index is 0.000339. The number of rotatable bonds is 8. The van der Waals surface area contributed by atoms with Crippen LogP contribution in [0.5, 0.6) is 11.6 Å². The second-order valence-corrected chi connectivity index (χ2v) is 12.4. The van der Waals surface area contributed by atoms with E-state index < -0.39 is 30.2 Å². The number of fused-ring (bicyclic) bond motifs is 2. The number of pyridine rings is 1. The van der Waals surface area contributed by atoms with E-state index in [2.05, 4.69) is 25.3 Å². The fourth-order valence-corrected chi connectivity index (χ4v) is 6.24. The van der Waals surface area contributed by atoms with Crippen LogP contribution in [0.1, 0.15) is 42.7 Å². The van der Waals surface area contributed by atoms with Crippen LogP contribution >= 0.6 is 11.3 Å². The molecule has 244 valence electrons. The summed E-state index contributed by atoms with van der Waals surface area (Å²) in [5.41, 5.74) is 4.07. The number of piperidine rings is 1. The van der Waals surface area contributed by atoms with Crippen LogP contribution in [0.15, 0.2) is 48.8 Å². The summed E-state index contributed by atoms with van der Waals surface area (Å²) < 4.78 is 32.5. The Morgan fingerprint density at radius 2 is 1.91 bits per heavy atom. The number of aromatic nitrogens is 4. The zero-order valence-corrected chi connectivity index (χ0v) is 27.0. The van der Waals surface area contributed by atoms with E-state index in [1.54, 1.807) is 37.1 Å². The molecule has 5 aromatic rings. The number of aryl methyl sites for hydroxylation is 1. The van der Waals surface area contributed by atoms with Crippen molar-refractivity contribution in [2.24, 2.45) is 0 Å². The lowest BCUT2D eigenvalue weighted by atomic mass is 10.1. The van der Waals surface area contributed by atoms with Crippen molar-refractivity contribution >= 4 is 50.3 Å². The lowest BCUT2D eigenvalue weighted by Gasteiger charge is -2.29. The number of β-amino-alcohol motifs (C(OH)–C–C–N with tert-alkyl or cyclic N) is 1. The highest BCUT2D eigenvalue weighted by atomic mass is 32.1. The van der Waals surface area contributed by atoms with Gasteiger partial charge in [-0.25, -0.2) is 29.1 Å². The van der Waals surface area contributed by atoms with Gasteiger partial charge in [-0.2, -0.15) is 0 Å². The third kappa shape index (κ3) is 7.08. The number of ether oxygens (including phenoxy) is 3. The zero-order valence-electron chi connectivity index (χ0n) is 26.2. The maximum absolute atomic E-state index is 15.2. The van der Waals surface area contributed by atoms with Gasteiger partial charge in [-0.15, -0.1) is 11.3 Å². The summed E-state index contributed by atoms with van der Waals surface area (Å²) in [5, 5.41) is 13.1. The van der Waals surface area contributed by atoms with Crippen LogP contribution in [0.25, 0.3) is 31.8 Å². The number of aliphatic hydroxyl groups is 1. The molecular weight excluding hydrogens is 627 g/mol. The van der Waals surface area contributed by atoms with Gasteiger partial charge >= 0.3 is 6.09 Å². The number of aliphatic hydroxyl groups excluding tert-OH is 1. The van der Waals surface area contributed by atoms with Gasteiger partial charge in [-0.05, 0) is 63.4 Å². The van der Waals surface area contributed by atoms with E-state index >= 15 is 4.39 Å². The maximum Gasteiger partial charge on any atom is 0.412 e. The van der Waals surface area contributed by atoms with Crippen LogP contribution in [-0.4, -0.2) is 80.5 Å². The largest absolute Gasteiger partial charge is 0.484 e. The smallest absolute Gasteiger partial charge is 0.412 e. The van der Waals surface area contributed by atoms with Crippen molar-refractivity contribution in [2.75, 3.05) is 25.5 Å². The van der Waals surface area contributed by atoms with Gasteiger partial charge in [-0.1, -0.05) is 0 Å². The molecule has 6 rings (SSSR count). The summed E-state index contributed by atoms with van der Waals surface area (Å²) in [5.74, 6) is -0.477. The molecular formula is C33H33FN6O6S. The van der Waals surface area contributed by atoms with E-state index in [4.69, 9.17) is 14.2 Å². The molecule has 1 unspecified atom stereocenters. The topological polar surface area (TPSA) is 149 Å². The lowest BCUT2D eigenvalue weighted by Crippen LogP contribution is -2.42. The van der Waals surface area contributed by atoms with E-state index in [-0.39, 0.29) is 23.9 Å². The fourth-order valence-electron chi connectivity index (χ4n) is 5.25. The minimum atomic E-state index is -0.762. The number of carbonyl (C=O) groups is 2. The summed E-state index contributed by atoms with van der Waals surface area (Å²) >= 11 is 1.37. The molecule has 2 amide bonds. The lowest BCUT2D eigenvalue weighted by molar-refractivity contribution is 0.0402. The standard InChI is InChI=1S/C33H33FN6O6S/c1-17-10-22(30-26(11-17)38-29(44-4)15-36-30)31-39-25-12-23(34)27(13-28(25)47-31)45-18(2)19(3)46-33(43)37-20-7-8-24(35-14-20)32(42)40-9-5-6-21(41)16-40/h7-8,10-15,18-19,21,41H,5-6,9,16H2,1-4H3,(H,37,43)/t18-,19+,21?/m0/s1. The number of benzene rings is 2. The van der Waals surface area contributed by atoms with E-state index in [1.807, 2.05) is 19.1 Å². The number of methoxy groups -OCH3 is 1. The molecule has 0 aliphatic carbocycles. The van der Waals surface area contributed by atoms with Crippen molar-refractivity contribution in [3.05, 3.63) is 65.9 Å². The molecule has 1 aliphatic heterocycles. The third-order valence-corrected chi connectivity index (χ3v) is 8.88. The Morgan fingerprint density at radius 3 is 2.66 bits per heavy atom. The van der Waals surface area contributed by atoms with E-state index in [1.165, 1.54) is 36.8 Å². The zero-order chi connectivity index (χ0) is 33.2. The normalized spacial score (nSPS) is 16.1. The number of nitrogens with zero attached hydrogens (tertiary/aromatic N) is 5. The first-order valence-corrected chi connectivity index (χ1v) is 15.9. The molecule has 3 atom stereocenters. The third-order valence-electron chi connectivity index (χ3n) is 7.83. The van der Waals surface area contributed by atoms with E-state index in [0.29, 0.717) is 50.8 Å². The molecule has 1 fully saturated rings. The summed E-state index contributed by atoms with van der Waals surface area (Å²) in [6, 6.07) is 9.83. The predicted octanol–water partition coefficient (Wildman–Crippen LogP) is 5.76. The molecule has 2 N–H and O–H groups in total. The van der Waals surface area contributed by atoms with Gasteiger partial charge in [0.15, 0.2) is 11.6 Å². The van der Waals surface area contributed by atoms with E-state index in [9.17, 15) is 14.7 Å². The molecule has 12 nitrogen and oxygen atoms in total.